The van der Waals surface area contributed by atoms with Gasteiger partial charge in [0.2, 0.25) is 0 Å². The molecular weight excluding hydrogens is 512 g/mol. The lowest BCUT2D eigenvalue weighted by Crippen LogP contribution is -2.03. The highest BCUT2D eigenvalue weighted by molar-refractivity contribution is 6.15. The quantitative estimate of drug-likeness (QED) is 0.211. The van der Waals surface area contributed by atoms with Crippen molar-refractivity contribution in [1.82, 2.24) is 20.2 Å². The van der Waals surface area contributed by atoms with Gasteiger partial charge in [-0.25, -0.2) is 14.8 Å². The van der Waals surface area contributed by atoms with Gasteiger partial charge in [-0.1, -0.05) is 60.7 Å². The summed E-state index contributed by atoms with van der Waals surface area (Å²) in [5.41, 5.74) is 7.23. The number of pyridine rings is 2. The Morgan fingerprint density at radius 3 is 2.15 bits per heavy atom. The number of hydrogen-bond acceptors (Lipinski definition) is 7. The molecule has 8 heteroatoms. The van der Waals surface area contributed by atoms with Gasteiger partial charge in [0, 0.05) is 40.7 Å². The number of nitrogens with zero attached hydrogens (tertiary/aromatic N) is 5. The highest BCUT2D eigenvalue weighted by Gasteiger charge is 2.14. The van der Waals surface area contributed by atoms with Crippen LogP contribution in [0.4, 0.5) is 17.3 Å². The van der Waals surface area contributed by atoms with Crippen molar-refractivity contribution < 1.29 is 9.90 Å². The summed E-state index contributed by atoms with van der Waals surface area (Å²) in [4.78, 5) is 24.9. The number of nitrogens with one attached hydrogen (secondary N) is 1. The van der Waals surface area contributed by atoms with E-state index < -0.39 is 5.97 Å². The highest BCUT2D eigenvalue weighted by Crippen LogP contribution is 2.34. The minimum Gasteiger partial charge on any atom is -0.478 e. The molecule has 0 amide bonds. The lowest BCUT2D eigenvalue weighted by Gasteiger charge is -2.12. The zero-order valence-electron chi connectivity index (χ0n) is 22.1. The number of carboxylic acids is 1. The molecule has 0 aliphatic rings. The molecule has 0 saturated heterocycles. The number of aromatic carboxylic acids is 1. The van der Waals surface area contributed by atoms with Gasteiger partial charge in [0.1, 0.15) is 11.3 Å². The monoisotopic (exact) mass is 536 g/mol. The van der Waals surface area contributed by atoms with E-state index in [4.69, 9.17) is 10.1 Å². The van der Waals surface area contributed by atoms with Crippen molar-refractivity contribution in [2.45, 2.75) is 6.92 Å². The molecule has 0 aliphatic carbocycles. The summed E-state index contributed by atoms with van der Waals surface area (Å²) in [6, 6.07) is 31.1. The van der Waals surface area contributed by atoms with Crippen LogP contribution in [0.15, 0.2) is 121 Å². The Kier molecular flexibility index (Phi) is 6.94. The van der Waals surface area contributed by atoms with Gasteiger partial charge in [0.15, 0.2) is 5.82 Å². The van der Waals surface area contributed by atoms with Gasteiger partial charge in [-0.3, -0.25) is 4.98 Å². The molecule has 198 valence electrons. The first-order chi connectivity index (χ1) is 20.0. The van der Waals surface area contributed by atoms with E-state index in [0.717, 1.165) is 38.9 Å². The van der Waals surface area contributed by atoms with Crippen molar-refractivity contribution in [3.63, 3.8) is 0 Å². The standard InChI is InChI=1S/C33H24N6O2/c1-21-14-15-34-20-27(21)25-16-26-18-30(37-29-13-12-24(19-35-29)33(40)41)38-39-32(26)28(17-25)36-31(22-8-4-2-5-9-22)23-10-6-3-7-11-23/h2-20H,1H3,(H,40,41)(H,35,37,38). The zero-order chi connectivity index (χ0) is 28.2. The summed E-state index contributed by atoms with van der Waals surface area (Å²) < 4.78 is 0. The maximum atomic E-state index is 11.2. The first kappa shape index (κ1) is 25.5. The van der Waals surface area contributed by atoms with Gasteiger partial charge < -0.3 is 10.4 Å². The molecule has 3 heterocycles. The molecular formula is C33H24N6O2. The number of aromatic nitrogens is 4. The molecule has 0 atom stereocenters. The van der Waals surface area contributed by atoms with Gasteiger partial charge in [-0.2, -0.15) is 0 Å². The molecule has 0 unspecified atom stereocenters. The maximum absolute atomic E-state index is 11.2. The van der Waals surface area contributed by atoms with Gasteiger partial charge in [-0.05, 0) is 54.4 Å². The number of carboxylic acid groups (broad SMARTS) is 1. The largest absolute Gasteiger partial charge is 0.478 e. The minimum atomic E-state index is -1.04. The third-order valence-electron chi connectivity index (χ3n) is 6.61. The van der Waals surface area contributed by atoms with Crippen LogP contribution in [-0.2, 0) is 0 Å². The number of aryl methyl sites for hydroxylation is 1. The average molecular weight is 537 g/mol. The Hall–Kier alpha value is -5.76. The topological polar surface area (TPSA) is 113 Å². The molecule has 0 aliphatic heterocycles. The van der Waals surface area contributed by atoms with Gasteiger partial charge >= 0.3 is 5.97 Å². The molecule has 2 N–H and O–H groups in total. The average Bonchev–Trinajstić information content (AvgIpc) is 3.01. The predicted octanol–water partition coefficient (Wildman–Crippen LogP) is 7.01. The van der Waals surface area contributed by atoms with Gasteiger partial charge in [-0.15, -0.1) is 10.2 Å². The Morgan fingerprint density at radius 2 is 1.51 bits per heavy atom. The fourth-order valence-electron chi connectivity index (χ4n) is 4.54. The van der Waals surface area contributed by atoms with E-state index in [9.17, 15) is 4.79 Å². The van der Waals surface area contributed by atoms with Crippen LogP contribution in [-0.4, -0.2) is 37.0 Å². The number of aliphatic imine (C=N–C) groups is 1. The van der Waals surface area contributed by atoms with Crippen molar-refractivity contribution in [2.75, 3.05) is 5.32 Å². The number of fused-ring (bicyclic) bond motifs is 1. The Labute approximate surface area is 236 Å². The molecule has 0 fully saturated rings. The van der Waals surface area contributed by atoms with Crippen molar-refractivity contribution in [2.24, 2.45) is 4.99 Å². The van der Waals surface area contributed by atoms with Gasteiger partial charge in [0.05, 0.1) is 17.0 Å². The second kappa shape index (κ2) is 11.2. The van der Waals surface area contributed by atoms with Crippen LogP contribution in [0.25, 0.3) is 22.0 Å². The number of hydrogen-bond donors (Lipinski definition) is 2. The van der Waals surface area contributed by atoms with Crippen molar-refractivity contribution in [3.8, 4) is 11.1 Å². The van der Waals surface area contributed by atoms with Crippen LogP contribution in [0.1, 0.15) is 27.0 Å². The first-order valence-electron chi connectivity index (χ1n) is 12.9. The second-order valence-electron chi connectivity index (χ2n) is 9.41. The number of anilines is 2. The van der Waals surface area contributed by atoms with E-state index in [1.54, 1.807) is 12.3 Å². The SMILES string of the molecule is Cc1ccncc1-c1cc(N=C(c2ccccc2)c2ccccc2)c2nnc(Nc3ccc(C(=O)O)cn3)cc2c1. The van der Waals surface area contributed by atoms with E-state index in [2.05, 4.69) is 25.5 Å². The van der Waals surface area contributed by atoms with E-state index in [0.29, 0.717) is 22.8 Å². The molecule has 41 heavy (non-hydrogen) atoms. The number of benzene rings is 3. The summed E-state index contributed by atoms with van der Waals surface area (Å²) in [5, 5.41) is 22.1. The van der Waals surface area contributed by atoms with Crippen LogP contribution in [0, 0.1) is 6.92 Å². The predicted molar refractivity (Wildman–Crippen MR) is 160 cm³/mol. The van der Waals surface area contributed by atoms with Crippen molar-refractivity contribution in [1.29, 1.82) is 0 Å². The Bertz CT molecular complexity index is 1850. The van der Waals surface area contributed by atoms with E-state index >= 15 is 0 Å². The maximum Gasteiger partial charge on any atom is 0.337 e. The smallest absolute Gasteiger partial charge is 0.337 e. The van der Waals surface area contributed by atoms with E-state index in [-0.39, 0.29) is 5.56 Å². The van der Waals surface area contributed by atoms with Crippen LogP contribution in [0.2, 0.25) is 0 Å². The summed E-state index contributed by atoms with van der Waals surface area (Å²) >= 11 is 0. The molecule has 0 saturated carbocycles. The molecule has 0 bridgehead atoms. The fourth-order valence-corrected chi connectivity index (χ4v) is 4.54. The first-order valence-corrected chi connectivity index (χ1v) is 12.9. The molecule has 3 aromatic carbocycles. The molecule has 0 spiro atoms. The lowest BCUT2D eigenvalue weighted by molar-refractivity contribution is 0.0696. The highest BCUT2D eigenvalue weighted by atomic mass is 16.4. The van der Waals surface area contributed by atoms with Gasteiger partial charge in [0.25, 0.3) is 0 Å². The molecule has 3 aromatic heterocycles. The Morgan fingerprint density at radius 1 is 0.780 bits per heavy atom. The van der Waals surface area contributed by atoms with E-state index in [1.165, 1.54) is 12.3 Å². The number of rotatable bonds is 7. The third-order valence-corrected chi connectivity index (χ3v) is 6.61. The van der Waals surface area contributed by atoms with Crippen LogP contribution in [0.3, 0.4) is 0 Å². The molecule has 6 aromatic rings. The summed E-state index contributed by atoms with van der Waals surface area (Å²) in [5.74, 6) is -0.114. The minimum absolute atomic E-state index is 0.103. The van der Waals surface area contributed by atoms with E-state index in [1.807, 2.05) is 98.0 Å². The zero-order valence-corrected chi connectivity index (χ0v) is 22.1. The van der Waals surface area contributed by atoms with Crippen molar-refractivity contribution >= 4 is 39.9 Å². The van der Waals surface area contributed by atoms with Crippen molar-refractivity contribution in [3.05, 3.63) is 138 Å². The summed E-state index contributed by atoms with van der Waals surface area (Å²) in [7, 11) is 0. The van der Waals surface area contributed by atoms with Crippen LogP contribution < -0.4 is 5.32 Å². The van der Waals surface area contributed by atoms with Crippen LogP contribution in [0.5, 0.6) is 0 Å². The normalized spacial score (nSPS) is 10.8. The number of carbonyl (C=O) groups is 1. The third kappa shape index (κ3) is 5.53. The fraction of sp³-hybridized carbons (Fsp3) is 0.0303. The van der Waals surface area contributed by atoms with Crippen LogP contribution >= 0.6 is 0 Å². The second-order valence-corrected chi connectivity index (χ2v) is 9.41. The molecule has 6 rings (SSSR count). The lowest BCUT2D eigenvalue weighted by atomic mass is 9.99. The summed E-state index contributed by atoms with van der Waals surface area (Å²) in [6.07, 6.45) is 4.92. The summed E-state index contributed by atoms with van der Waals surface area (Å²) in [6.45, 7) is 2.05. The Balaban J connectivity index is 1.52. The molecule has 8 nitrogen and oxygen atoms in total. The molecule has 0 radical (unpaired) electrons.